The Kier molecular flexibility index (Phi) is 6.17. The zero-order valence-corrected chi connectivity index (χ0v) is 13.4. The number of hydrogen-bond acceptors (Lipinski definition) is 4. The Bertz CT molecular complexity index is 639. The number of carbonyl (C=O) groups is 1. The number of nitrogens with zero attached hydrogens (tertiary/aromatic N) is 2. The molecule has 1 amide bonds. The van der Waals surface area contributed by atoms with Gasteiger partial charge in [0.05, 0.1) is 13.3 Å². The predicted octanol–water partition coefficient (Wildman–Crippen LogP) is 3.40. The summed E-state index contributed by atoms with van der Waals surface area (Å²) in [5.41, 5.74) is 5.59. The first kappa shape index (κ1) is 16.5. The highest BCUT2D eigenvalue weighted by Gasteiger charge is 2.05. The molecule has 0 heterocycles. The number of nitrogens with one attached hydrogen (secondary N) is 1. The van der Waals surface area contributed by atoms with E-state index < -0.39 is 6.09 Å². The molecular formula is C18H21N3O2. The van der Waals surface area contributed by atoms with Gasteiger partial charge in [0.1, 0.15) is 0 Å². The number of amides is 1. The van der Waals surface area contributed by atoms with E-state index in [0.29, 0.717) is 0 Å². The Balaban J connectivity index is 2.00. The molecule has 1 N–H and O–H groups in total. The molecule has 5 nitrogen and oxygen atoms in total. The summed E-state index contributed by atoms with van der Waals surface area (Å²) in [5, 5.41) is 3.81. The maximum atomic E-state index is 10.9. The topological polar surface area (TPSA) is 53.9 Å². The highest BCUT2D eigenvalue weighted by Crippen LogP contribution is 2.17. The van der Waals surface area contributed by atoms with Crippen molar-refractivity contribution in [3.63, 3.8) is 0 Å². The summed E-state index contributed by atoms with van der Waals surface area (Å²) in [6.07, 6.45) is 0.992. The number of hydrogen-bond donors (Lipinski definition) is 1. The average molecular weight is 311 g/mol. The van der Waals surface area contributed by atoms with Gasteiger partial charge in [-0.05, 0) is 30.2 Å². The van der Waals surface area contributed by atoms with E-state index >= 15 is 0 Å². The third kappa shape index (κ3) is 5.14. The number of ether oxygens (including phenoxy) is 1. The minimum atomic E-state index is -0.585. The van der Waals surface area contributed by atoms with Crippen molar-refractivity contribution in [1.29, 1.82) is 0 Å². The Labute approximate surface area is 136 Å². The molecule has 2 aromatic carbocycles. The highest BCUT2D eigenvalue weighted by atomic mass is 16.5. The van der Waals surface area contributed by atoms with E-state index in [9.17, 15) is 4.79 Å². The van der Waals surface area contributed by atoms with Gasteiger partial charge in [-0.3, -0.25) is 0 Å². The molecule has 0 aliphatic heterocycles. The minimum absolute atomic E-state index is 0.585. The van der Waals surface area contributed by atoms with Gasteiger partial charge in [0.2, 0.25) is 0 Å². The van der Waals surface area contributed by atoms with Crippen LogP contribution in [0.15, 0.2) is 59.7 Å². The van der Waals surface area contributed by atoms with Crippen molar-refractivity contribution in [3.05, 3.63) is 65.7 Å². The summed E-state index contributed by atoms with van der Waals surface area (Å²) in [6, 6.07) is 18.4. The van der Waals surface area contributed by atoms with Gasteiger partial charge in [-0.2, -0.15) is 5.10 Å². The lowest BCUT2D eigenvalue weighted by atomic mass is 10.1. The van der Waals surface area contributed by atoms with E-state index in [-0.39, 0.29) is 0 Å². The lowest BCUT2D eigenvalue weighted by molar-refractivity contribution is 0.171. The predicted molar refractivity (Wildman–Crippen MR) is 92.7 cm³/mol. The number of carbonyl (C=O) groups excluding carboxylic acids is 1. The number of rotatable bonds is 6. The van der Waals surface area contributed by atoms with Gasteiger partial charge in [0.25, 0.3) is 0 Å². The Morgan fingerprint density at radius 2 is 1.87 bits per heavy atom. The fourth-order valence-electron chi connectivity index (χ4n) is 2.17. The van der Waals surface area contributed by atoms with Crippen LogP contribution in [0.1, 0.15) is 18.1 Å². The molecule has 0 aliphatic rings. The van der Waals surface area contributed by atoms with E-state index in [4.69, 9.17) is 0 Å². The molecular weight excluding hydrogens is 290 g/mol. The summed E-state index contributed by atoms with van der Waals surface area (Å²) >= 11 is 0. The monoisotopic (exact) mass is 311 g/mol. The van der Waals surface area contributed by atoms with Gasteiger partial charge in [0.15, 0.2) is 0 Å². The van der Waals surface area contributed by atoms with Crippen LogP contribution in [0.2, 0.25) is 0 Å². The van der Waals surface area contributed by atoms with Crippen molar-refractivity contribution < 1.29 is 9.53 Å². The molecule has 0 atom stereocenters. The van der Waals surface area contributed by atoms with Crippen molar-refractivity contribution >= 4 is 18.0 Å². The molecule has 0 aliphatic carbocycles. The summed E-state index contributed by atoms with van der Waals surface area (Å²) in [4.78, 5) is 13.2. The Morgan fingerprint density at radius 3 is 2.48 bits per heavy atom. The number of methoxy groups -OCH3 is 1. The van der Waals surface area contributed by atoms with Crippen LogP contribution in [0.25, 0.3) is 0 Å². The van der Waals surface area contributed by atoms with Crippen molar-refractivity contribution in [1.82, 2.24) is 5.43 Å². The van der Waals surface area contributed by atoms with E-state index in [1.807, 2.05) is 30.3 Å². The number of anilines is 1. The molecule has 2 rings (SSSR count). The molecule has 0 unspecified atom stereocenters. The van der Waals surface area contributed by atoms with Crippen LogP contribution < -0.4 is 10.3 Å². The standard InChI is InChI=1S/C18H21N3O2/c1-3-21(14-16-7-5-4-6-8-16)17-11-9-15(10-12-17)13-19-20-18(22)23-2/h4-13H,3,14H2,1-2H3,(H,20,22)/b19-13+. The first-order valence-corrected chi connectivity index (χ1v) is 7.49. The Morgan fingerprint density at radius 1 is 1.17 bits per heavy atom. The van der Waals surface area contributed by atoms with Crippen LogP contribution in [-0.4, -0.2) is 26.0 Å². The van der Waals surface area contributed by atoms with Crippen molar-refractivity contribution in [2.24, 2.45) is 5.10 Å². The zero-order valence-electron chi connectivity index (χ0n) is 13.4. The van der Waals surface area contributed by atoms with Crippen molar-refractivity contribution in [2.75, 3.05) is 18.6 Å². The third-order valence-corrected chi connectivity index (χ3v) is 3.41. The van der Waals surface area contributed by atoms with Crippen molar-refractivity contribution in [2.45, 2.75) is 13.5 Å². The smallest absolute Gasteiger partial charge is 0.427 e. The van der Waals surface area contributed by atoms with E-state index in [1.165, 1.54) is 12.7 Å². The zero-order chi connectivity index (χ0) is 16.5. The van der Waals surface area contributed by atoms with Gasteiger partial charge in [-0.1, -0.05) is 42.5 Å². The molecule has 120 valence electrons. The molecule has 5 heteroatoms. The van der Waals surface area contributed by atoms with Crippen LogP contribution in [0, 0.1) is 0 Å². The maximum Gasteiger partial charge on any atom is 0.427 e. The molecule has 0 aromatic heterocycles. The maximum absolute atomic E-state index is 10.9. The molecule has 0 spiro atoms. The number of hydrazone groups is 1. The van der Waals surface area contributed by atoms with Crippen molar-refractivity contribution in [3.8, 4) is 0 Å². The largest absolute Gasteiger partial charge is 0.452 e. The second-order valence-electron chi connectivity index (χ2n) is 4.95. The van der Waals surface area contributed by atoms with Crippen LogP contribution in [0.3, 0.4) is 0 Å². The molecule has 0 radical (unpaired) electrons. The molecule has 0 saturated carbocycles. The minimum Gasteiger partial charge on any atom is -0.452 e. The van der Waals surface area contributed by atoms with Gasteiger partial charge in [-0.15, -0.1) is 0 Å². The van der Waals surface area contributed by atoms with Crippen LogP contribution in [-0.2, 0) is 11.3 Å². The Hall–Kier alpha value is -2.82. The van der Waals surface area contributed by atoms with Crippen LogP contribution in [0.4, 0.5) is 10.5 Å². The van der Waals surface area contributed by atoms with Gasteiger partial charge >= 0.3 is 6.09 Å². The molecule has 23 heavy (non-hydrogen) atoms. The second-order valence-corrected chi connectivity index (χ2v) is 4.95. The van der Waals surface area contributed by atoms with Crippen LogP contribution >= 0.6 is 0 Å². The molecule has 0 fully saturated rings. The second kappa shape index (κ2) is 8.58. The van der Waals surface area contributed by atoms with E-state index in [0.717, 1.165) is 24.3 Å². The van der Waals surface area contributed by atoms with E-state index in [2.05, 4.69) is 51.4 Å². The summed E-state index contributed by atoms with van der Waals surface area (Å²) in [6.45, 7) is 3.93. The highest BCUT2D eigenvalue weighted by molar-refractivity contribution is 5.81. The quantitative estimate of drug-likeness (QED) is 0.657. The first-order valence-electron chi connectivity index (χ1n) is 7.49. The first-order chi connectivity index (χ1) is 11.2. The molecule has 0 saturated heterocycles. The van der Waals surface area contributed by atoms with Gasteiger partial charge < -0.3 is 9.64 Å². The fourth-order valence-corrected chi connectivity index (χ4v) is 2.17. The van der Waals surface area contributed by atoms with E-state index in [1.54, 1.807) is 6.21 Å². The van der Waals surface area contributed by atoms with Gasteiger partial charge in [0, 0.05) is 18.8 Å². The lowest BCUT2D eigenvalue weighted by Crippen LogP contribution is -2.21. The normalized spacial score (nSPS) is 10.5. The lowest BCUT2D eigenvalue weighted by Gasteiger charge is -2.23. The SMILES string of the molecule is CCN(Cc1ccccc1)c1ccc(/C=N/NC(=O)OC)cc1. The summed E-state index contributed by atoms with van der Waals surface area (Å²) in [5.74, 6) is 0. The fraction of sp³-hybridized carbons (Fsp3) is 0.222. The third-order valence-electron chi connectivity index (χ3n) is 3.41. The average Bonchev–Trinajstić information content (AvgIpc) is 2.61. The van der Waals surface area contributed by atoms with Gasteiger partial charge in [-0.25, -0.2) is 10.2 Å². The summed E-state index contributed by atoms with van der Waals surface area (Å²) < 4.78 is 4.44. The number of benzene rings is 2. The van der Waals surface area contributed by atoms with Crippen LogP contribution in [0.5, 0.6) is 0 Å². The molecule has 2 aromatic rings. The summed E-state index contributed by atoms with van der Waals surface area (Å²) in [7, 11) is 1.30. The molecule has 0 bridgehead atoms.